The first kappa shape index (κ1) is 24.1. The van der Waals surface area contributed by atoms with Gasteiger partial charge in [0.05, 0.1) is 27.9 Å². The molecule has 0 aromatic heterocycles. The van der Waals surface area contributed by atoms with Crippen LogP contribution in [0.2, 0.25) is 0 Å². The second-order valence-electron chi connectivity index (χ2n) is 7.71. The summed E-state index contributed by atoms with van der Waals surface area (Å²) in [6, 6.07) is 5.28. The number of esters is 1. The highest BCUT2D eigenvalue weighted by atomic mass is 16.7. The fourth-order valence-corrected chi connectivity index (χ4v) is 4.04. The van der Waals surface area contributed by atoms with Gasteiger partial charge >= 0.3 is 12.1 Å². The average Bonchev–Trinajstić information content (AvgIpc) is 3.45. The van der Waals surface area contributed by atoms with E-state index in [4.69, 9.17) is 33.2 Å². The maximum atomic E-state index is 12.8. The van der Waals surface area contributed by atoms with Crippen molar-refractivity contribution in [1.29, 1.82) is 0 Å². The predicted octanol–water partition coefficient (Wildman–Crippen LogP) is 3.74. The van der Waals surface area contributed by atoms with Crippen LogP contribution in [-0.4, -0.2) is 65.3 Å². The molecule has 35 heavy (non-hydrogen) atoms. The number of rotatable bonds is 8. The lowest BCUT2D eigenvalue weighted by molar-refractivity contribution is 0.0713. The molecule has 2 aliphatic heterocycles. The third-order valence-electron chi connectivity index (χ3n) is 5.74. The zero-order valence-electron chi connectivity index (χ0n) is 20.3. The second kappa shape index (κ2) is 10.0. The third-order valence-corrected chi connectivity index (χ3v) is 5.74. The minimum atomic E-state index is -0.551. The molecule has 10 heteroatoms. The van der Waals surface area contributed by atoms with Crippen molar-refractivity contribution in [3.05, 3.63) is 40.5 Å². The molecule has 2 aliphatic rings. The smallest absolute Gasteiger partial charge is 0.409 e. The highest BCUT2D eigenvalue weighted by Gasteiger charge is 2.34. The van der Waals surface area contributed by atoms with Crippen molar-refractivity contribution in [1.82, 2.24) is 4.90 Å². The van der Waals surface area contributed by atoms with Crippen LogP contribution in [0.5, 0.6) is 28.7 Å². The van der Waals surface area contributed by atoms with Crippen LogP contribution in [0.4, 0.5) is 4.79 Å². The van der Waals surface area contributed by atoms with Gasteiger partial charge in [0.15, 0.2) is 23.0 Å². The third kappa shape index (κ3) is 4.39. The number of hydrogen-bond donors (Lipinski definition) is 0. The number of cyclic esters (lactones) is 1. The van der Waals surface area contributed by atoms with Crippen molar-refractivity contribution >= 4 is 23.9 Å². The van der Waals surface area contributed by atoms with Crippen molar-refractivity contribution < 1.29 is 42.7 Å². The van der Waals surface area contributed by atoms with E-state index in [2.05, 4.69) is 0 Å². The number of methoxy groups -OCH3 is 3. The van der Waals surface area contributed by atoms with E-state index in [0.29, 0.717) is 58.6 Å². The minimum absolute atomic E-state index is 0.0582. The van der Waals surface area contributed by atoms with E-state index >= 15 is 0 Å². The van der Waals surface area contributed by atoms with Crippen molar-refractivity contribution in [2.45, 2.75) is 13.3 Å². The molecule has 10 nitrogen and oxygen atoms in total. The first-order valence-corrected chi connectivity index (χ1v) is 11.0. The first-order valence-electron chi connectivity index (χ1n) is 11.0. The van der Waals surface area contributed by atoms with Crippen molar-refractivity contribution in [3.8, 4) is 28.7 Å². The molecule has 0 aliphatic carbocycles. The fourth-order valence-electron chi connectivity index (χ4n) is 4.04. The van der Waals surface area contributed by atoms with Crippen LogP contribution in [0, 0.1) is 0 Å². The number of carbonyl (C=O) groups excluding carboxylic acids is 2. The second-order valence-corrected chi connectivity index (χ2v) is 7.71. The highest BCUT2D eigenvalue weighted by Crippen LogP contribution is 2.48. The number of benzene rings is 2. The first-order chi connectivity index (χ1) is 16.9. The summed E-state index contributed by atoms with van der Waals surface area (Å²) in [7, 11) is 6.15. The molecule has 2 aromatic rings. The van der Waals surface area contributed by atoms with Gasteiger partial charge in [-0.2, -0.15) is 0 Å². The summed E-state index contributed by atoms with van der Waals surface area (Å²) in [5.74, 6) is 1.92. The number of likely N-dealkylation sites (N-methyl/N-ethyl adjacent to an activating group) is 1. The molecule has 0 saturated heterocycles. The summed E-state index contributed by atoms with van der Waals surface area (Å²) >= 11 is 0. The molecule has 0 N–H and O–H groups in total. The Morgan fingerprint density at radius 1 is 1.11 bits per heavy atom. The van der Waals surface area contributed by atoms with Gasteiger partial charge in [-0.15, -0.1) is 0 Å². The summed E-state index contributed by atoms with van der Waals surface area (Å²) in [5, 5.41) is 0. The minimum Gasteiger partial charge on any atom is -0.493 e. The molecule has 0 bridgehead atoms. The van der Waals surface area contributed by atoms with Gasteiger partial charge in [-0.3, -0.25) is 0 Å². The summed E-state index contributed by atoms with van der Waals surface area (Å²) < 4.78 is 38.3. The predicted molar refractivity (Wildman–Crippen MR) is 125 cm³/mol. The summed E-state index contributed by atoms with van der Waals surface area (Å²) in [4.78, 5) is 26.3. The number of fused-ring (bicyclic) bond motifs is 2. The van der Waals surface area contributed by atoms with Crippen molar-refractivity contribution in [2.75, 3.05) is 48.3 Å². The average molecular weight is 485 g/mol. The van der Waals surface area contributed by atoms with Gasteiger partial charge in [0.25, 0.3) is 0 Å². The van der Waals surface area contributed by atoms with Crippen LogP contribution in [-0.2, 0) is 15.9 Å². The topological polar surface area (TPSA) is 102 Å². The molecule has 0 saturated carbocycles. The van der Waals surface area contributed by atoms with E-state index in [1.54, 1.807) is 32.2 Å². The van der Waals surface area contributed by atoms with Gasteiger partial charge in [0.2, 0.25) is 12.5 Å². The Morgan fingerprint density at radius 2 is 1.89 bits per heavy atom. The summed E-state index contributed by atoms with van der Waals surface area (Å²) in [6.45, 7) is 2.48. The van der Waals surface area contributed by atoms with Crippen molar-refractivity contribution in [2.24, 2.45) is 0 Å². The highest BCUT2D eigenvalue weighted by molar-refractivity contribution is 6.08. The number of nitrogens with zero attached hydrogens (tertiary/aromatic N) is 1. The molecule has 186 valence electrons. The van der Waals surface area contributed by atoms with E-state index in [1.807, 2.05) is 6.07 Å². The number of carbonyl (C=O) groups is 2. The lowest BCUT2D eigenvalue weighted by Crippen LogP contribution is -2.29. The molecule has 1 amide bonds. The lowest BCUT2D eigenvalue weighted by atomic mass is 9.98. The summed E-state index contributed by atoms with van der Waals surface area (Å²) in [5.41, 5.74) is 2.28. The Hall–Kier alpha value is -4.08. The number of ether oxygens (including phenoxy) is 7. The molecule has 4 rings (SSSR count). The number of hydrogen-bond acceptors (Lipinski definition) is 9. The van der Waals surface area contributed by atoms with Crippen LogP contribution in [0.1, 0.15) is 34.0 Å². The lowest BCUT2D eigenvalue weighted by Gasteiger charge is -2.19. The molecular weight excluding hydrogens is 458 g/mol. The zero-order valence-corrected chi connectivity index (χ0v) is 20.3. The van der Waals surface area contributed by atoms with Crippen LogP contribution >= 0.6 is 0 Å². The van der Waals surface area contributed by atoms with Gasteiger partial charge in [0, 0.05) is 24.7 Å². The van der Waals surface area contributed by atoms with Gasteiger partial charge in [-0.1, -0.05) is 0 Å². The molecule has 0 atom stereocenters. The van der Waals surface area contributed by atoms with Crippen LogP contribution < -0.4 is 23.7 Å². The maximum absolute atomic E-state index is 12.8. The molecule has 2 heterocycles. The van der Waals surface area contributed by atoms with E-state index in [0.717, 1.165) is 5.56 Å². The normalized spacial score (nSPS) is 14.4. The summed E-state index contributed by atoms with van der Waals surface area (Å²) in [6.07, 6.45) is 1.75. The Balaban J connectivity index is 1.79. The van der Waals surface area contributed by atoms with Gasteiger partial charge < -0.3 is 38.1 Å². The van der Waals surface area contributed by atoms with Crippen LogP contribution in [0.15, 0.2) is 18.2 Å². The Bertz CT molecular complexity index is 1190. The van der Waals surface area contributed by atoms with E-state index < -0.39 is 12.1 Å². The molecule has 0 spiro atoms. The largest absolute Gasteiger partial charge is 0.493 e. The van der Waals surface area contributed by atoms with Gasteiger partial charge in [0.1, 0.15) is 11.3 Å². The Morgan fingerprint density at radius 3 is 2.57 bits per heavy atom. The van der Waals surface area contributed by atoms with Gasteiger partial charge in [-0.05, 0) is 43.2 Å². The molecule has 0 unspecified atom stereocenters. The zero-order chi connectivity index (χ0) is 25.1. The maximum Gasteiger partial charge on any atom is 0.409 e. The monoisotopic (exact) mass is 485 g/mol. The van der Waals surface area contributed by atoms with Gasteiger partial charge in [-0.25, -0.2) is 9.59 Å². The van der Waals surface area contributed by atoms with E-state index in [-0.39, 0.29) is 19.0 Å². The van der Waals surface area contributed by atoms with Crippen LogP contribution in [0.3, 0.4) is 0 Å². The molecule has 2 aromatic carbocycles. The number of amides is 1. The quantitative estimate of drug-likeness (QED) is 0.518. The molecule has 0 fully saturated rings. The van der Waals surface area contributed by atoms with Crippen molar-refractivity contribution in [3.63, 3.8) is 0 Å². The van der Waals surface area contributed by atoms with E-state index in [1.165, 1.54) is 26.2 Å². The molecular formula is C25H27NO9. The fraction of sp³-hybridized carbons (Fsp3) is 0.360. The Labute approximate surface area is 202 Å². The van der Waals surface area contributed by atoms with E-state index in [9.17, 15) is 9.59 Å². The standard InChI is InChI=1S/C25H27NO9/c1-6-32-25(28)26(2)10-9-14-11-19-23(34-13-33-19)21(30-4)16(14)12-18-15-7-8-17(29-3)22(31-5)20(15)24(27)35-18/h7-8,11-12H,6,9-10,13H2,1-5H3/b18-12+. The molecule has 0 radical (unpaired) electrons. The SMILES string of the molecule is CCOC(=O)N(C)CCc1cc2c(c(OC)c1/C=C1/OC(=O)c3c1ccc(OC)c3OC)OCO2. The Kier molecular flexibility index (Phi) is 6.90. The van der Waals surface area contributed by atoms with Crippen LogP contribution in [0.25, 0.3) is 11.8 Å².